The number of carboxylic acid groups (broad SMARTS) is 1. The van der Waals surface area contributed by atoms with Crippen LogP contribution in [0.1, 0.15) is 30.6 Å². The Morgan fingerprint density at radius 1 is 1.43 bits per heavy atom. The molecule has 1 amide bonds. The molecule has 1 rings (SSSR count). The molecule has 0 unspecified atom stereocenters. The van der Waals surface area contributed by atoms with Crippen LogP contribution in [0.5, 0.6) is 0 Å². The Hall–Kier alpha value is -1.63. The molecule has 0 spiro atoms. The van der Waals surface area contributed by atoms with E-state index in [0.717, 1.165) is 0 Å². The van der Waals surface area contributed by atoms with Crippen molar-refractivity contribution in [1.29, 1.82) is 0 Å². The number of anilines is 1. The molecule has 1 aromatic heterocycles. The first-order chi connectivity index (χ1) is 9.72. The summed E-state index contributed by atoms with van der Waals surface area (Å²) in [6, 6.07) is 0.720. The number of nitrogens with one attached hydrogen (secondary N) is 1. The summed E-state index contributed by atoms with van der Waals surface area (Å²) in [6.07, 6.45) is 1.97. The second-order valence-electron chi connectivity index (χ2n) is 5.41. The number of aliphatic carboxylic acids is 1. The smallest absolute Gasteiger partial charge is 0.326 e. The van der Waals surface area contributed by atoms with Crippen molar-refractivity contribution in [3.05, 3.63) is 22.3 Å². The number of hydrogen-bond acceptors (Lipinski definition) is 4. The third-order valence-corrected chi connectivity index (χ3v) is 3.25. The maximum Gasteiger partial charge on any atom is 0.326 e. The molecule has 0 aliphatic carbocycles. The molecule has 0 fully saturated rings. The van der Waals surface area contributed by atoms with Crippen LogP contribution in [0, 0.1) is 5.92 Å². The highest BCUT2D eigenvalue weighted by Crippen LogP contribution is 2.20. The van der Waals surface area contributed by atoms with Gasteiger partial charge in [-0.2, -0.15) is 0 Å². The van der Waals surface area contributed by atoms with Crippen molar-refractivity contribution in [2.75, 3.05) is 19.0 Å². The number of pyridine rings is 1. The molecule has 0 saturated heterocycles. The number of amides is 1. The van der Waals surface area contributed by atoms with Gasteiger partial charge in [-0.1, -0.05) is 13.8 Å². The van der Waals surface area contributed by atoms with Gasteiger partial charge < -0.3 is 15.3 Å². The molecule has 2 N–H and O–H groups in total. The number of carboxylic acids is 1. The maximum absolute atomic E-state index is 12.4. The summed E-state index contributed by atoms with van der Waals surface area (Å²) in [6.45, 7) is 3.82. The zero-order valence-electron chi connectivity index (χ0n) is 12.6. The number of halogens is 1. The first-order valence-electron chi connectivity index (χ1n) is 6.59. The summed E-state index contributed by atoms with van der Waals surface area (Å²) >= 11 is 3.27. The summed E-state index contributed by atoms with van der Waals surface area (Å²) in [5.41, 5.74) is 0.337. The van der Waals surface area contributed by atoms with Crippen LogP contribution in [0.4, 0.5) is 5.82 Å². The lowest BCUT2D eigenvalue weighted by Gasteiger charge is -2.19. The monoisotopic (exact) mass is 357 g/mol. The Kier molecular flexibility index (Phi) is 6.14. The fourth-order valence-corrected chi connectivity index (χ4v) is 2.22. The van der Waals surface area contributed by atoms with Crippen LogP contribution in [0.2, 0.25) is 0 Å². The van der Waals surface area contributed by atoms with E-state index in [1.54, 1.807) is 31.3 Å². The number of carbonyl (C=O) groups excluding carboxylic acids is 1. The van der Waals surface area contributed by atoms with Gasteiger partial charge in [0.05, 0.1) is 5.56 Å². The topological polar surface area (TPSA) is 82.5 Å². The van der Waals surface area contributed by atoms with Crippen LogP contribution < -0.4 is 10.2 Å². The molecule has 1 aromatic rings. The lowest BCUT2D eigenvalue weighted by atomic mass is 10.0. The molecule has 1 heterocycles. The molecular weight excluding hydrogens is 338 g/mol. The molecule has 21 heavy (non-hydrogen) atoms. The van der Waals surface area contributed by atoms with E-state index >= 15 is 0 Å². The molecule has 1 atom stereocenters. The molecule has 0 bridgehead atoms. The van der Waals surface area contributed by atoms with E-state index in [1.165, 1.54) is 0 Å². The molecule has 6 nitrogen and oxygen atoms in total. The van der Waals surface area contributed by atoms with Gasteiger partial charge in [0.15, 0.2) is 0 Å². The lowest BCUT2D eigenvalue weighted by Crippen LogP contribution is -2.42. The zero-order chi connectivity index (χ0) is 16.2. The van der Waals surface area contributed by atoms with E-state index in [2.05, 4.69) is 26.2 Å². The van der Waals surface area contributed by atoms with Crippen LogP contribution in [0.25, 0.3) is 0 Å². The van der Waals surface area contributed by atoms with Gasteiger partial charge in [0.2, 0.25) is 0 Å². The van der Waals surface area contributed by atoms with Crippen LogP contribution in [0.15, 0.2) is 16.7 Å². The van der Waals surface area contributed by atoms with Crippen LogP contribution in [0.3, 0.4) is 0 Å². The third kappa shape index (κ3) is 5.00. The summed E-state index contributed by atoms with van der Waals surface area (Å²) < 4.78 is 0.661. The molecule has 0 aromatic carbocycles. The molecule has 0 aliphatic rings. The van der Waals surface area contributed by atoms with Crippen LogP contribution in [-0.4, -0.2) is 42.1 Å². The fraction of sp³-hybridized carbons (Fsp3) is 0.500. The highest BCUT2D eigenvalue weighted by Gasteiger charge is 2.24. The molecule has 0 radical (unpaired) electrons. The summed E-state index contributed by atoms with van der Waals surface area (Å²) in [5, 5.41) is 11.8. The van der Waals surface area contributed by atoms with Crippen LogP contribution in [-0.2, 0) is 4.79 Å². The predicted molar refractivity (Wildman–Crippen MR) is 84.6 cm³/mol. The Morgan fingerprint density at radius 3 is 2.52 bits per heavy atom. The van der Waals surface area contributed by atoms with Gasteiger partial charge in [0.1, 0.15) is 11.9 Å². The molecular formula is C14H20BrN3O3. The van der Waals surface area contributed by atoms with Gasteiger partial charge in [0, 0.05) is 24.8 Å². The van der Waals surface area contributed by atoms with Gasteiger partial charge in [-0.3, -0.25) is 4.79 Å². The second-order valence-corrected chi connectivity index (χ2v) is 6.33. The lowest BCUT2D eigenvalue weighted by molar-refractivity contribution is -0.139. The van der Waals surface area contributed by atoms with E-state index in [4.69, 9.17) is 0 Å². The Labute approximate surface area is 132 Å². The number of hydrogen-bond donors (Lipinski definition) is 2. The van der Waals surface area contributed by atoms with Gasteiger partial charge >= 0.3 is 5.97 Å². The highest BCUT2D eigenvalue weighted by molar-refractivity contribution is 9.10. The maximum atomic E-state index is 12.4. The van der Waals surface area contributed by atoms with Crippen molar-refractivity contribution in [1.82, 2.24) is 10.3 Å². The quantitative estimate of drug-likeness (QED) is 0.814. The van der Waals surface area contributed by atoms with Crippen LogP contribution >= 0.6 is 15.9 Å². The average Bonchev–Trinajstić information content (AvgIpc) is 2.36. The fourth-order valence-electron chi connectivity index (χ4n) is 1.88. The molecule has 116 valence electrons. The van der Waals surface area contributed by atoms with Crippen molar-refractivity contribution in [2.24, 2.45) is 5.92 Å². The zero-order valence-corrected chi connectivity index (χ0v) is 14.1. The largest absolute Gasteiger partial charge is 0.480 e. The summed E-state index contributed by atoms with van der Waals surface area (Å²) in [4.78, 5) is 29.5. The summed E-state index contributed by atoms with van der Waals surface area (Å²) in [5.74, 6) is -0.823. The second kappa shape index (κ2) is 7.40. The Bertz CT molecular complexity index is 532. The molecule has 7 heteroatoms. The standard InChI is InChI=1S/C14H20BrN3O3/c1-8(2)5-11(14(20)21)17-13(19)10-6-9(15)7-16-12(10)18(3)4/h6-8,11H,5H2,1-4H3,(H,17,19)(H,20,21)/t11-/m1/s1. The van der Waals surface area contributed by atoms with Crippen molar-refractivity contribution in [2.45, 2.75) is 26.3 Å². The minimum Gasteiger partial charge on any atom is -0.480 e. The Morgan fingerprint density at radius 2 is 2.05 bits per heavy atom. The predicted octanol–water partition coefficient (Wildman–Crippen LogP) is 2.14. The van der Waals surface area contributed by atoms with Crippen molar-refractivity contribution in [3.8, 4) is 0 Å². The van der Waals surface area contributed by atoms with E-state index in [9.17, 15) is 14.7 Å². The van der Waals surface area contributed by atoms with E-state index in [0.29, 0.717) is 22.3 Å². The number of nitrogens with zero attached hydrogens (tertiary/aromatic N) is 2. The molecule has 0 saturated carbocycles. The number of aromatic nitrogens is 1. The van der Waals surface area contributed by atoms with Crippen molar-refractivity contribution in [3.63, 3.8) is 0 Å². The van der Waals surface area contributed by atoms with E-state index in [1.807, 2.05) is 13.8 Å². The van der Waals surface area contributed by atoms with Gasteiger partial charge in [-0.25, -0.2) is 9.78 Å². The van der Waals surface area contributed by atoms with Crippen molar-refractivity contribution >= 4 is 33.6 Å². The van der Waals surface area contributed by atoms with E-state index < -0.39 is 17.9 Å². The first kappa shape index (κ1) is 17.4. The Balaban J connectivity index is 3.02. The first-order valence-corrected chi connectivity index (χ1v) is 7.38. The SMILES string of the molecule is CC(C)C[C@@H](NC(=O)c1cc(Br)cnc1N(C)C)C(=O)O. The minimum absolute atomic E-state index is 0.167. The average molecular weight is 358 g/mol. The normalized spacial score (nSPS) is 12.1. The molecule has 0 aliphatic heterocycles. The van der Waals surface area contributed by atoms with Crippen molar-refractivity contribution < 1.29 is 14.7 Å². The van der Waals surface area contributed by atoms with Gasteiger partial charge in [-0.05, 0) is 34.3 Å². The minimum atomic E-state index is -1.04. The number of carbonyl (C=O) groups is 2. The summed E-state index contributed by atoms with van der Waals surface area (Å²) in [7, 11) is 3.55. The van der Waals surface area contributed by atoms with E-state index in [-0.39, 0.29) is 5.92 Å². The van der Waals surface area contributed by atoms with Gasteiger partial charge in [-0.15, -0.1) is 0 Å². The van der Waals surface area contributed by atoms with Gasteiger partial charge in [0.25, 0.3) is 5.91 Å². The highest BCUT2D eigenvalue weighted by atomic mass is 79.9. The third-order valence-electron chi connectivity index (χ3n) is 2.81. The number of rotatable bonds is 6.